The number of ether oxygens (including phenoxy) is 1. The van der Waals surface area contributed by atoms with Crippen molar-refractivity contribution < 1.29 is 9.84 Å². The molecule has 1 fully saturated rings. The van der Waals surface area contributed by atoms with Crippen molar-refractivity contribution in [1.82, 2.24) is 9.88 Å². The van der Waals surface area contributed by atoms with Crippen molar-refractivity contribution in [2.45, 2.75) is 18.6 Å². The van der Waals surface area contributed by atoms with E-state index in [1.165, 1.54) is 0 Å². The second-order valence-electron chi connectivity index (χ2n) is 3.87. The van der Waals surface area contributed by atoms with Gasteiger partial charge in [-0.2, -0.15) is 0 Å². The molecule has 2 atom stereocenters. The number of rotatable bonds is 3. The van der Waals surface area contributed by atoms with Gasteiger partial charge in [-0.1, -0.05) is 0 Å². The van der Waals surface area contributed by atoms with Gasteiger partial charge in [-0.3, -0.25) is 0 Å². The molecule has 1 aliphatic heterocycles. The first kappa shape index (κ1) is 11.0. The van der Waals surface area contributed by atoms with Crippen molar-refractivity contribution in [1.29, 1.82) is 0 Å². The summed E-state index contributed by atoms with van der Waals surface area (Å²) in [6.45, 7) is 2.45. The maximum Gasteiger partial charge on any atom is 0.0965 e. The number of aromatic nitrogens is 1. The lowest BCUT2D eigenvalue weighted by Crippen LogP contribution is -2.46. The lowest BCUT2D eigenvalue weighted by Gasteiger charge is -2.32. The lowest BCUT2D eigenvalue weighted by atomic mass is 10.1. The molecule has 84 valence electrons. The van der Waals surface area contributed by atoms with Gasteiger partial charge in [-0.15, -0.1) is 11.3 Å². The number of hydrogen-bond donors (Lipinski definition) is 1. The minimum atomic E-state index is -0.445. The molecule has 1 saturated heterocycles. The number of hydrogen-bond acceptors (Lipinski definition) is 5. The van der Waals surface area contributed by atoms with Crippen LogP contribution in [0.5, 0.6) is 0 Å². The molecule has 2 heterocycles. The first-order valence-corrected chi connectivity index (χ1v) is 6.00. The van der Waals surface area contributed by atoms with Gasteiger partial charge >= 0.3 is 0 Å². The maximum atomic E-state index is 9.98. The highest BCUT2D eigenvalue weighted by Crippen LogP contribution is 2.13. The van der Waals surface area contributed by atoms with Gasteiger partial charge in [0.05, 0.1) is 23.8 Å². The number of aliphatic hydroxyl groups is 1. The van der Waals surface area contributed by atoms with Crippen molar-refractivity contribution in [3.8, 4) is 0 Å². The molecule has 1 N–H and O–H groups in total. The van der Waals surface area contributed by atoms with E-state index in [-0.39, 0.29) is 6.10 Å². The van der Waals surface area contributed by atoms with Crippen LogP contribution >= 0.6 is 11.3 Å². The van der Waals surface area contributed by atoms with Gasteiger partial charge in [0.25, 0.3) is 0 Å². The van der Waals surface area contributed by atoms with Crippen molar-refractivity contribution in [2.75, 3.05) is 26.7 Å². The third kappa shape index (κ3) is 2.98. The summed E-state index contributed by atoms with van der Waals surface area (Å²) in [6.07, 6.45) is 1.84. The van der Waals surface area contributed by atoms with Gasteiger partial charge in [0.1, 0.15) is 0 Å². The van der Waals surface area contributed by atoms with Gasteiger partial charge < -0.3 is 14.7 Å². The largest absolute Gasteiger partial charge is 0.390 e. The van der Waals surface area contributed by atoms with Crippen LogP contribution in [0.15, 0.2) is 11.6 Å². The van der Waals surface area contributed by atoms with E-state index in [2.05, 4.69) is 9.88 Å². The van der Waals surface area contributed by atoms with E-state index in [1.807, 2.05) is 12.4 Å². The van der Waals surface area contributed by atoms with Crippen LogP contribution in [0.2, 0.25) is 0 Å². The van der Waals surface area contributed by atoms with Crippen molar-refractivity contribution in [2.24, 2.45) is 0 Å². The molecule has 0 bridgehead atoms. The average molecular weight is 228 g/mol. The van der Waals surface area contributed by atoms with Gasteiger partial charge in [0.15, 0.2) is 0 Å². The van der Waals surface area contributed by atoms with Crippen LogP contribution in [0.1, 0.15) is 5.01 Å². The van der Waals surface area contributed by atoms with E-state index in [1.54, 1.807) is 17.5 Å². The zero-order valence-corrected chi connectivity index (χ0v) is 9.61. The van der Waals surface area contributed by atoms with Gasteiger partial charge in [0.2, 0.25) is 0 Å². The monoisotopic (exact) mass is 228 g/mol. The molecule has 0 amide bonds. The number of nitrogens with zero attached hydrogens (tertiary/aromatic N) is 2. The molecule has 1 aromatic rings. The summed E-state index contributed by atoms with van der Waals surface area (Å²) >= 11 is 1.58. The number of aliphatic hydroxyl groups excluding tert-OH is 1. The lowest BCUT2D eigenvalue weighted by molar-refractivity contribution is -0.0823. The van der Waals surface area contributed by atoms with E-state index in [0.29, 0.717) is 13.0 Å². The van der Waals surface area contributed by atoms with Crippen LogP contribution < -0.4 is 0 Å². The Bertz CT molecular complexity index is 292. The Morgan fingerprint density at radius 3 is 3.33 bits per heavy atom. The topological polar surface area (TPSA) is 45.6 Å². The van der Waals surface area contributed by atoms with E-state index < -0.39 is 6.10 Å². The molecule has 0 aromatic carbocycles. The molecule has 1 aliphatic rings. The van der Waals surface area contributed by atoms with Gasteiger partial charge in [-0.05, 0) is 7.05 Å². The molecule has 0 radical (unpaired) electrons. The summed E-state index contributed by atoms with van der Waals surface area (Å²) in [7, 11) is 2.05. The quantitative estimate of drug-likeness (QED) is 0.812. The summed E-state index contributed by atoms with van der Waals surface area (Å²) in [5.74, 6) is 0. The van der Waals surface area contributed by atoms with Crippen molar-refractivity contribution >= 4 is 11.3 Å². The van der Waals surface area contributed by atoms with Crippen LogP contribution in [-0.4, -0.2) is 53.9 Å². The summed E-state index contributed by atoms with van der Waals surface area (Å²) in [5.41, 5.74) is 0. The molecule has 0 aliphatic carbocycles. The summed E-state index contributed by atoms with van der Waals surface area (Å²) in [6, 6.07) is 0. The molecule has 15 heavy (non-hydrogen) atoms. The molecule has 2 unspecified atom stereocenters. The zero-order chi connectivity index (χ0) is 10.7. The second-order valence-corrected chi connectivity index (χ2v) is 4.85. The minimum absolute atomic E-state index is 0.0763. The third-order valence-electron chi connectivity index (χ3n) is 2.59. The molecule has 2 rings (SSSR count). The van der Waals surface area contributed by atoms with Gasteiger partial charge in [0, 0.05) is 31.1 Å². The molecular formula is C10H16N2O2S. The summed E-state index contributed by atoms with van der Waals surface area (Å²) < 4.78 is 5.54. The number of morpholine rings is 1. The SMILES string of the molecule is CN1CCOC(C(O)Cc2nccs2)C1. The molecule has 5 heteroatoms. The van der Waals surface area contributed by atoms with Crippen LogP contribution in [0.3, 0.4) is 0 Å². The Morgan fingerprint density at radius 1 is 1.80 bits per heavy atom. The van der Waals surface area contributed by atoms with Gasteiger partial charge in [-0.25, -0.2) is 4.98 Å². The fourth-order valence-corrected chi connectivity index (χ4v) is 2.38. The first-order valence-electron chi connectivity index (χ1n) is 5.12. The molecule has 4 nitrogen and oxygen atoms in total. The van der Waals surface area contributed by atoms with Crippen LogP contribution in [-0.2, 0) is 11.2 Å². The van der Waals surface area contributed by atoms with Crippen LogP contribution in [0.4, 0.5) is 0 Å². The fraction of sp³-hybridized carbons (Fsp3) is 0.700. The maximum absolute atomic E-state index is 9.98. The number of thiazole rings is 1. The van der Waals surface area contributed by atoms with Crippen LogP contribution in [0, 0.1) is 0 Å². The molecule has 0 saturated carbocycles. The zero-order valence-electron chi connectivity index (χ0n) is 8.80. The highest BCUT2D eigenvalue weighted by Gasteiger charge is 2.25. The van der Waals surface area contributed by atoms with E-state index in [4.69, 9.17) is 4.74 Å². The predicted molar refractivity (Wildman–Crippen MR) is 59.1 cm³/mol. The minimum Gasteiger partial charge on any atom is -0.390 e. The van der Waals surface area contributed by atoms with E-state index in [0.717, 1.165) is 18.1 Å². The fourth-order valence-electron chi connectivity index (χ4n) is 1.71. The third-order valence-corrected chi connectivity index (χ3v) is 3.39. The van der Waals surface area contributed by atoms with Crippen molar-refractivity contribution in [3.63, 3.8) is 0 Å². The smallest absolute Gasteiger partial charge is 0.0965 e. The Balaban J connectivity index is 1.87. The second kappa shape index (κ2) is 5.03. The highest BCUT2D eigenvalue weighted by atomic mass is 32.1. The normalized spacial score (nSPS) is 25.3. The first-order chi connectivity index (χ1) is 7.25. The average Bonchev–Trinajstić information content (AvgIpc) is 2.70. The highest BCUT2D eigenvalue weighted by molar-refractivity contribution is 7.09. The van der Waals surface area contributed by atoms with E-state index >= 15 is 0 Å². The standard InChI is InChI=1S/C10H16N2O2S/c1-12-3-4-14-9(7-12)8(13)6-10-11-2-5-15-10/h2,5,8-9,13H,3-4,6-7H2,1H3. The Hall–Kier alpha value is -0.490. The summed E-state index contributed by atoms with van der Waals surface area (Å²) in [5, 5.41) is 12.9. The molecular weight excluding hydrogens is 212 g/mol. The summed E-state index contributed by atoms with van der Waals surface area (Å²) in [4.78, 5) is 6.34. The van der Waals surface area contributed by atoms with E-state index in [9.17, 15) is 5.11 Å². The van der Waals surface area contributed by atoms with Crippen molar-refractivity contribution in [3.05, 3.63) is 16.6 Å². The predicted octanol–water partition coefficient (Wildman–Crippen LogP) is 0.377. The number of likely N-dealkylation sites (N-methyl/N-ethyl adjacent to an activating group) is 1. The van der Waals surface area contributed by atoms with Crippen LogP contribution in [0.25, 0.3) is 0 Å². The molecule has 0 spiro atoms. The Morgan fingerprint density at radius 2 is 2.67 bits per heavy atom. The Labute approximate surface area is 93.5 Å². The Kier molecular flexibility index (Phi) is 3.69. The molecule has 1 aromatic heterocycles.